The molecule has 1 heterocycles. The smallest absolute Gasteiger partial charge is 0.0659 e. The lowest BCUT2D eigenvalue weighted by Crippen LogP contribution is -2.03. The fraction of sp³-hybridized carbons (Fsp3) is 0.227. The van der Waals surface area contributed by atoms with Crippen LogP contribution in [0.5, 0.6) is 0 Å². The molecule has 0 aliphatic carbocycles. The van der Waals surface area contributed by atoms with Crippen LogP contribution in [0, 0.1) is 20.8 Å². The van der Waals surface area contributed by atoms with Gasteiger partial charge in [-0.05, 0) is 56.5 Å². The Kier molecular flexibility index (Phi) is 4.66. The van der Waals surface area contributed by atoms with Crippen LogP contribution in [0.25, 0.3) is 5.69 Å². The molecule has 0 bridgehead atoms. The third-order valence-electron chi connectivity index (χ3n) is 4.54. The Hall–Kier alpha value is -2.61. The molecule has 0 unspecified atom stereocenters. The first-order chi connectivity index (χ1) is 11.6. The molecule has 0 radical (unpaired) electrons. The maximum Gasteiger partial charge on any atom is 0.0659 e. The Bertz CT molecular complexity index is 885. The molecule has 0 saturated carbocycles. The number of hydrogen-bond donors (Lipinski definition) is 0. The Morgan fingerprint density at radius 3 is 2.42 bits per heavy atom. The zero-order valence-electron chi connectivity index (χ0n) is 14.9. The van der Waals surface area contributed by atoms with E-state index >= 15 is 0 Å². The first kappa shape index (κ1) is 16.3. The van der Waals surface area contributed by atoms with Crippen molar-refractivity contribution in [2.75, 3.05) is 0 Å². The summed E-state index contributed by atoms with van der Waals surface area (Å²) in [5, 5.41) is 0. The summed E-state index contributed by atoms with van der Waals surface area (Å²) < 4.78 is 2.33. The van der Waals surface area contributed by atoms with Crippen LogP contribution in [0.3, 0.4) is 0 Å². The number of aliphatic imine (C=N–C) groups is 1. The molecule has 122 valence electrons. The van der Waals surface area contributed by atoms with Crippen molar-refractivity contribution in [3.05, 3.63) is 82.7 Å². The number of nitrogens with zero attached hydrogens (tertiary/aromatic N) is 2. The van der Waals surface area contributed by atoms with E-state index in [-0.39, 0.29) is 0 Å². The van der Waals surface area contributed by atoms with Crippen molar-refractivity contribution in [2.24, 2.45) is 4.99 Å². The molecule has 1 aromatic heterocycles. The maximum atomic E-state index is 4.69. The van der Waals surface area contributed by atoms with Gasteiger partial charge in [0.15, 0.2) is 0 Å². The van der Waals surface area contributed by atoms with E-state index in [2.05, 4.69) is 79.7 Å². The summed E-state index contributed by atoms with van der Waals surface area (Å²) in [6, 6.07) is 19.0. The summed E-state index contributed by atoms with van der Waals surface area (Å²) in [7, 11) is 0. The monoisotopic (exact) mass is 316 g/mol. The van der Waals surface area contributed by atoms with Gasteiger partial charge in [-0.3, -0.25) is 4.99 Å². The topological polar surface area (TPSA) is 17.3 Å². The lowest BCUT2D eigenvalue weighted by molar-refractivity contribution is 0.937. The second-order valence-electron chi connectivity index (χ2n) is 6.19. The standard InChI is InChI=1S/C22H24N2/c1-5-19-11-7-9-13-22(19)24-17(3)14-20(18(24)4)15-23-21-12-8-6-10-16(21)2/h6-15H,5H2,1-4H3. The largest absolute Gasteiger partial charge is 0.318 e. The predicted octanol–water partition coefficient (Wildman–Crippen LogP) is 5.72. The van der Waals surface area contributed by atoms with E-state index in [0.29, 0.717) is 0 Å². The molecule has 0 amide bonds. The maximum absolute atomic E-state index is 4.69. The van der Waals surface area contributed by atoms with Gasteiger partial charge in [-0.25, -0.2) is 0 Å². The van der Waals surface area contributed by atoms with E-state index < -0.39 is 0 Å². The van der Waals surface area contributed by atoms with E-state index in [1.165, 1.54) is 33.8 Å². The van der Waals surface area contributed by atoms with Gasteiger partial charge >= 0.3 is 0 Å². The van der Waals surface area contributed by atoms with Crippen LogP contribution in [0.15, 0.2) is 59.6 Å². The third-order valence-corrected chi connectivity index (χ3v) is 4.54. The van der Waals surface area contributed by atoms with E-state index in [0.717, 1.165) is 12.1 Å². The molecule has 3 aromatic rings. The fourth-order valence-electron chi connectivity index (χ4n) is 3.16. The zero-order valence-corrected chi connectivity index (χ0v) is 14.9. The minimum Gasteiger partial charge on any atom is -0.318 e. The highest BCUT2D eigenvalue weighted by Crippen LogP contribution is 2.24. The summed E-state index contributed by atoms with van der Waals surface area (Å²) in [5.41, 5.74) is 8.48. The first-order valence-corrected chi connectivity index (χ1v) is 8.48. The van der Waals surface area contributed by atoms with Crippen LogP contribution in [-0.4, -0.2) is 10.8 Å². The van der Waals surface area contributed by atoms with Crippen molar-refractivity contribution in [3.63, 3.8) is 0 Å². The summed E-state index contributed by atoms with van der Waals surface area (Å²) in [5.74, 6) is 0. The summed E-state index contributed by atoms with van der Waals surface area (Å²) in [6.07, 6.45) is 3.01. The summed E-state index contributed by atoms with van der Waals surface area (Å²) in [6.45, 7) is 8.62. The highest BCUT2D eigenvalue weighted by Gasteiger charge is 2.11. The van der Waals surface area contributed by atoms with Gasteiger partial charge in [-0.15, -0.1) is 0 Å². The number of rotatable bonds is 4. The minimum atomic E-state index is 1.02. The van der Waals surface area contributed by atoms with Gasteiger partial charge in [0, 0.05) is 28.9 Å². The first-order valence-electron chi connectivity index (χ1n) is 8.48. The molecule has 0 spiro atoms. The zero-order chi connectivity index (χ0) is 17.1. The van der Waals surface area contributed by atoms with Crippen molar-refractivity contribution in [3.8, 4) is 5.69 Å². The van der Waals surface area contributed by atoms with E-state index in [1.807, 2.05) is 18.3 Å². The molecular weight excluding hydrogens is 292 g/mol. The molecule has 2 aromatic carbocycles. The lowest BCUT2D eigenvalue weighted by Gasteiger charge is -2.13. The fourth-order valence-corrected chi connectivity index (χ4v) is 3.16. The molecule has 0 N–H and O–H groups in total. The summed E-state index contributed by atoms with van der Waals surface area (Å²) >= 11 is 0. The molecule has 0 aliphatic heterocycles. The van der Waals surface area contributed by atoms with Crippen LogP contribution in [0.2, 0.25) is 0 Å². The Balaban J connectivity index is 2.03. The second kappa shape index (κ2) is 6.88. The Morgan fingerprint density at radius 1 is 0.958 bits per heavy atom. The molecule has 24 heavy (non-hydrogen) atoms. The van der Waals surface area contributed by atoms with Gasteiger partial charge in [0.25, 0.3) is 0 Å². The van der Waals surface area contributed by atoms with Gasteiger partial charge in [-0.1, -0.05) is 43.3 Å². The van der Waals surface area contributed by atoms with Crippen molar-refractivity contribution < 1.29 is 0 Å². The number of aryl methyl sites for hydroxylation is 3. The lowest BCUT2D eigenvalue weighted by atomic mass is 10.1. The third kappa shape index (κ3) is 3.05. The van der Waals surface area contributed by atoms with Crippen molar-refractivity contribution >= 4 is 11.9 Å². The molecule has 0 fully saturated rings. The molecule has 3 rings (SSSR count). The Morgan fingerprint density at radius 2 is 1.67 bits per heavy atom. The molecule has 0 saturated heterocycles. The van der Waals surface area contributed by atoms with E-state index in [1.54, 1.807) is 0 Å². The van der Waals surface area contributed by atoms with E-state index in [4.69, 9.17) is 0 Å². The van der Waals surface area contributed by atoms with Crippen LogP contribution < -0.4 is 0 Å². The highest BCUT2D eigenvalue weighted by atomic mass is 15.0. The van der Waals surface area contributed by atoms with Gasteiger partial charge < -0.3 is 4.57 Å². The number of para-hydroxylation sites is 2. The second-order valence-corrected chi connectivity index (χ2v) is 6.19. The predicted molar refractivity (Wildman–Crippen MR) is 103 cm³/mol. The van der Waals surface area contributed by atoms with Gasteiger partial charge in [0.2, 0.25) is 0 Å². The van der Waals surface area contributed by atoms with Crippen molar-refractivity contribution in [1.82, 2.24) is 4.57 Å². The molecular formula is C22H24N2. The van der Waals surface area contributed by atoms with Crippen molar-refractivity contribution in [2.45, 2.75) is 34.1 Å². The number of hydrogen-bond acceptors (Lipinski definition) is 1. The molecule has 2 nitrogen and oxygen atoms in total. The van der Waals surface area contributed by atoms with Crippen LogP contribution in [0.4, 0.5) is 5.69 Å². The number of aromatic nitrogens is 1. The van der Waals surface area contributed by atoms with Crippen LogP contribution in [0.1, 0.15) is 35.0 Å². The van der Waals surface area contributed by atoms with Crippen LogP contribution in [-0.2, 0) is 6.42 Å². The number of benzene rings is 2. The molecule has 0 aliphatic rings. The normalized spacial score (nSPS) is 11.3. The highest BCUT2D eigenvalue weighted by molar-refractivity contribution is 5.84. The van der Waals surface area contributed by atoms with E-state index in [9.17, 15) is 0 Å². The Labute approximate surface area is 144 Å². The molecule has 2 heteroatoms. The quantitative estimate of drug-likeness (QED) is 0.548. The average Bonchev–Trinajstić information content (AvgIpc) is 2.88. The van der Waals surface area contributed by atoms with Crippen molar-refractivity contribution in [1.29, 1.82) is 0 Å². The summed E-state index contributed by atoms with van der Waals surface area (Å²) in [4.78, 5) is 4.69. The minimum absolute atomic E-state index is 1.02. The van der Waals surface area contributed by atoms with Gasteiger partial charge in [0.1, 0.15) is 0 Å². The van der Waals surface area contributed by atoms with Gasteiger partial charge in [-0.2, -0.15) is 0 Å². The van der Waals surface area contributed by atoms with Gasteiger partial charge in [0.05, 0.1) is 5.69 Å². The SMILES string of the molecule is CCc1ccccc1-n1c(C)cc(C=Nc2ccccc2C)c1C. The molecule has 0 atom stereocenters. The average molecular weight is 316 g/mol. The van der Waals surface area contributed by atoms with Crippen LogP contribution >= 0.6 is 0 Å².